The first-order valence-corrected chi connectivity index (χ1v) is 11.7. The minimum atomic E-state index is -0.373. The number of fused-ring (bicyclic) bond motifs is 1. The van der Waals surface area contributed by atoms with Gasteiger partial charge in [0.05, 0.1) is 11.5 Å². The molecule has 2 aliphatic rings. The van der Waals surface area contributed by atoms with Gasteiger partial charge in [-0.05, 0) is 49.2 Å². The summed E-state index contributed by atoms with van der Waals surface area (Å²) in [6.07, 6.45) is 1.16. The van der Waals surface area contributed by atoms with Crippen molar-refractivity contribution >= 4 is 40.9 Å². The van der Waals surface area contributed by atoms with Crippen LogP contribution in [0, 0.1) is 11.7 Å². The number of nitrogens with one attached hydrogen (secondary N) is 2. The highest BCUT2D eigenvalue weighted by molar-refractivity contribution is 8.00. The van der Waals surface area contributed by atoms with Crippen molar-refractivity contribution in [3.05, 3.63) is 48.3 Å². The highest BCUT2D eigenvalue weighted by Crippen LogP contribution is 2.34. The first-order chi connectivity index (χ1) is 16.0. The monoisotopic (exact) mass is 473 g/mol. The summed E-state index contributed by atoms with van der Waals surface area (Å²) in [5.41, 5.74) is 1.16. The van der Waals surface area contributed by atoms with E-state index in [2.05, 4.69) is 10.6 Å². The minimum Gasteiger partial charge on any atom is -0.454 e. The molecule has 1 fully saturated rings. The van der Waals surface area contributed by atoms with Crippen molar-refractivity contribution in [3.63, 3.8) is 0 Å². The van der Waals surface area contributed by atoms with Crippen LogP contribution in [0.5, 0.6) is 11.5 Å². The van der Waals surface area contributed by atoms with Crippen molar-refractivity contribution in [1.29, 1.82) is 0 Å². The maximum atomic E-state index is 12.9. The Balaban J connectivity index is 1.15. The minimum absolute atomic E-state index is 0.0517. The summed E-state index contributed by atoms with van der Waals surface area (Å²) in [7, 11) is 0. The van der Waals surface area contributed by atoms with Crippen LogP contribution in [0.3, 0.4) is 0 Å². The molecule has 0 bridgehead atoms. The van der Waals surface area contributed by atoms with Crippen LogP contribution in [0.25, 0.3) is 0 Å². The molecule has 10 heteroatoms. The quantitative estimate of drug-likeness (QED) is 0.642. The molecule has 1 saturated heterocycles. The molecular weight excluding hydrogens is 449 g/mol. The van der Waals surface area contributed by atoms with E-state index in [-0.39, 0.29) is 47.8 Å². The van der Waals surface area contributed by atoms with Crippen LogP contribution < -0.4 is 20.1 Å². The molecule has 0 aliphatic carbocycles. The fraction of sp³-hybridized carbons (Fsp3) is 0.348. The van der Waals surface area contributed by atoms with Gasteiger partial charge in [0, 0.05) is 36.4 Å². The second-order valence-electron chi connectivity index (χ2n) is 7.76. The lowest BCUT2D eigenvalue weighted by atomic mass is 9.96. The predicted molar refractivity (Wildman–Crippen MR) is 123 cm³/mol. The van der Waals surface area contributed by atoms with E-state index in [9.17, 15) is 18.8 Å². The summed E-state index contributed by atoms with van der Waals surface area (Å²) < 4.78 is 23.5. The standard InChI is InChI=1S/C23H24FN3O5S/c24-16-1-3-17(4-2-16)25-21(28)12-33-13-22(29)27-9-7-15(8-10-27)23(30)26-18-5-6-19-20(11-18)32-14-31-19/h1-6,11,15H,7-10,12-14H2,(H,25,28)(H,26,30). The van der Waals surface area contributed by atoms with E-state index >= 15 is 0 Å². The molecule has 4 rings (SSSR count). The second-order valence-corrected chi connectivity index (χ2v) is 8.75. The van der Waals surface area contributed by atoms with Crippen molar-refractivity contribution in [2.45, 2.75) is 12.8 Å². The third kappa shape index (κ3) is 6.16. The molecular formula is C23H24FN3O5S. The van der Waals surface area contributed by atoms with Gasteiger partial charge in [0.2, 0.25) is 24.5 Å². The SMILES string of the molecule is O=C(CSCC(=O)N1CCC(C(=O)Nc2ccc3c(c2)OCO3)CC1)Nc1ccc(F)cc1. The number of carbonyl (C=O) groups is 3. The Morgan fingerprint density at radius 2 is 1.64 bits per heavy atom. The Hall–Kier alpha value is -3.27. The summed E-state index contributed by atoms with van der Waals surface area (Å²) in [6, 6.07) is 10.8. The first-order valence-electron chi connectivity index (χ1n) is 10.6. The van der Waals surface area contributed by atoms with E-state index in [1.165, 1.54) is 36.0 Å². The molecule has 174 valence electrons. The number of likely N-dealkylation sites (tertiary alicyclic amines) is 1. The molecule has 8 nitrogen and oxygen atoms in total. The van der Waals surface area contributed by atoms with E-state index in [1.807, 2.05) is 0 Å². The number of carbonyl (C=O) groups excluding carboxylic acids is 3. The average molecular weight is 474 g/mol. The van der Waals surface area contributed by atoms with Crippen molar-refractivity contribution < 1.29 is 28.2 Å². The van der Waals surface area contributed by atoms with Crippen LogP contribution in [-0.2, 0) is 14.4 Å². The number of amides is 3. The Morgan fingerprint density at radius 1 is 0.939 bits per heavy atom. The van der Waals surface area contributed by atoms with Gasteiger partial charge in [-0.1, -0.05) is 0 Å². The first kappa shape index (κ1) is 22.9. The van der Waals surface area contributed by atoms with Crippen molar-refractivity contribution in [1.82, 2.24) is 4.90 Å². The zero-order chi connectivity index (χ0) is 23.2. The molecule has 2 N–H and O–H groups in total. The molecule has 33 heavy (non-hydrogen) atoms. The van der Waals surface area contributed by atoms with Gasteiger partial charge in [0.15, 0.2) is 11.5 Å². The lowest BCUT2D eigenvalue weighted by Gasteiger charge is -2.31. The highest BCUT2D eigenvalue weighted by atomic mass is 32.2. The number of hydrogen-bond donors (Lipinski definition) is 2. The molecule has 0 spiro atoms. The highest BCUT2D eigenvalue weighted by Gasteiger charge is 2.27. The van der Waals surface area contributed by atoms with Crippen LogP contribution in [0.4, 0.5) is 15.8 Å². The Labute approximate surface area is 194 Å². The number of ether oxygens (including phenoxy) is 2. The smallest absolute Gasteiger partial charge is 0.234 e. The van der Waals surface area contributed by atoms with Gasteiger partial charge >= 0.3 is 0 Å². The largest absolute Gasteiger partial charge is 0.454 e. The number of nitrogens with zero attached hydrogens (tertiary/aromatic N) is 1. The summed E-state index contributed by atoms with van der Waals surface area (Å²) >= 11 is 1.23. The Bertz CT molecular complexity index is 1030. The number of halogens is 1. The lowest BCUT2D eigenvalue weighted by Crippen LogP contribution is -2.42. The molecule has 0 saturated carbocycles. The molecule has 3 amide bonds. The molecule has 2 aromatic rings. The van der Waals surface area contributed by atoms with Crippen molar-refractivity contribution in [3.8, 4) is 11.5 Å². The van der Waals surface area contributed by atoms with E-state index in [4.69, 9.17) is 9.47 Å². The van der Waals surface area contributed by atoms with Gasteiger partial charge in [0.25, 0.3) is 0 Å². The zero-order valence-electron chi connectivity index (χ0n) is 17.8. The fourth-order valence-electron chi connectivity index (χ4n) is 3.66. The van der Waals surface area contributed by atoms with Crippen LogP contribution in [0.2, 0.25) is 0 Å². The topological polar surface area (TPSA) is 97.0 Å². The number of piperidine rings is 1. The normalized spacial score (nSPS) is 15.2. The Kier molecular flexibility index (Phi) is 7.33. The lowest BCUT2D eigenvalue weighted by molar-refractivity contribution is -0.132. The summed E-state index contributed by atoms with van der Waals surface area (Å²) in [5, 5.41) is 5.57. The number of hydrogen-bond acceptors (Lipinski definition) is 6. The maximum absolute atomic E-state index is 12.9. The van der Waals surface area contributed by atoms with Gasteiger partial charge in [-0.2, -0.15) is 0 Å². The average Bonchev–Trinajstić information content (AvgIpc) is 3.28. The second kappa shape index (κ2) is 10.6. The van der Waals surface area contributed by atoms with Gasteiger partial charge < -0.3 is 25.0 Å². The summed E-state index contributed by atoms with van der Waals surface area (Å²) in [6.45, 7) is 1.18. The van der Waals surface area contributed by atoms with Gasteiger partial charge in [-0.15, -0.1) is 11.8 Å². The van der Waals surface area contributed by atoms with Crippen LogP contribution in [0.1, 0.15) is 12.8 Å². The van der Waals surface area contributed by atoms with Gasteiger partial charge in [-0.25, -0.2) is 4.39 Å². The predicted octanol–water partition coefficient (Wildman–Crippen LogP) is 3.10. The molecule has 0 atom stereocenters. The fourth-order valence-corrected chi connectivity index (χ4v) is 4.38. The van der Waals surface area contributed by atoms with E-state index in [1.54, 1.807) is 23.1 Å². The van der Waals surface area contributed by atoms with E-state index in [0.29, 0.717) is 48.8 Å². The number of benzene rings is 2. The van der Waals surface area contributed by atoms with E-state index in [0.717, 1.165) is 0 Å². The molecule has 0 unspecified atom stereocenters. The zero-order valence-corrected chi connectivity index (χ0v) is 18.7. The van der Waals surface area contributed by atoms with Crippen molar-refractivity contribution in [2.24, 2.45) is 5.92 Å². The third-order valence-corrected chi connectivity index (χ3v) is 6.36. The summed E-state index contributed by atoms with van der Waals surface area (Å²) in [5.74, 6) is 0.649. The van der Waals surface area contributed by atoms with Gasteiger partial charge in [0.1, 0.15) is 5.82 Å². The van der Waals surface area contributed by atoms with Crippen LogP contribution in [0.15, 0.2) is 42.5 Å². The molecule has 0 radical (unpaired) electrons. The molecule has 2 aliphatic heterocycles. The van der Waals surface area contributed by atoms with Crippen molar-refractivity contribution in [2.75, 3.05) is 42.0 Å². The summed E-state index contributed by atoms with van der Waals surface area (Å²) in [4.78, 5) is 38.8. The van der Waals surface area contributed by atoms with E-state index < -0.39 is 0 Å². The van der Waals surface area contributed by atoms with Crippen LogP contribution >= 0.6 is 11.8 Å². The van der Waals surface area contributed by atoms with Gasteiger partial charge in [-0.3, -0.25) is 14.4 Å². The Morgan fingerprint density at radius 3 is 2.39 bits per heavy atom. The number of thioether (sulfide) groups is 1. The molecule has 0 aromatic heterocycles. The van der Waals surface area contributed by atoms with Crippen LogP contribution in [-0.4, -0.2) is 54.0 Å². The molecule has 2 heterocycles. The maximum Gasteiger partial charge on any atom is 0.234 e. The third-order valence-electron chi connectivity index (χ3n) is 5.45. The number of rotatable bonds is 7. The number of anilines is 2. The molecule has 2 aromatic carbocycles.